The van der Waals surface area contributed by atoms with Crippen LogP contribution in [0.15, 0.2) is 22.8 Å². The van der Waals surface area contributed by atoms with Gasteiger partial charge in [0.1, 0.15) is 6.10 Å². The first kappa shape index (κ1) is 17.0. The molecule has 2 aliphatic carbocycles. The van der Waals surface area contributed by atoms with Crippen LogP contribution in [-0.4, -0.2) is 23.0 Å². The van der Waals surface area contributed by atoms with Gasteiger partial charge < -0.3 is 14.3 Å². The number of hydrogen-bond acceptors (Lipinski definition) is 5. The fourth-order valence-corrected chi connectivity index (χ4v) is 4.30. The molecule has 2 aliphatic rings. The van der Waals surface area contributed by atoms with Crippen molar-refractivity contribution in [3.05, 3.63) is 35.3 Å². The molecule has 5 unspecified atom stereocenters. The first-order valence-electron chi connectivity index (χ1n) is 8.36. The van der Waals surface area contributed by atoms with Crippen LogP contribution in [0.3, 0.4) is 0 Å². The minimum absolute atomic E-state index is 0.0537. The molecule has 0 aromatic carbocycles. The van der Waals surface area contributed by atoms with Crippen molar-refractivity contribution in [3.8, 4) is 0 Å². The van der Waals surface area contributed by atoms with Gasteiger partial charge in [-0.3, -0.25) is 4.79 Å². The van der Waals surface area contributed by atoms with Crippen LogP contribution < -0.4 is 0 Å². The van der Waals surface area contributed by atoms with Crippen LogP contribution in [0.5, 0.6) is 0 Å². The van der Waals surface area contributed by atoms with E-state index >= 15 is 0 Å². The summed E-state index contributed by atoms with van der Waals surface area (Å²) in [5.41, 5.74) is 1.04. The monoisotopic (exact) mass is 332 g/mol. The Morgan fingerprint density at radius 1 is 1.46 bits per heavy atom. The maximum Gasteiger partial charge on any atom is 0.333 e. The van der Waals surface area contributed by atoms with E-state index in [0.29, 0.717) is 24.0 Å². The highest BCUT2D eigenvalue weighted by atomic mass is 16.5. The van der Waals surface area contributed by atoms with Crippen molar-refractivity contribution in [1.82, 2.24) is 0 Å². The van der Waals surface area contributed by atoms with Gasteiger partial charge in [-0.25, -0.2) is 4.79 Å². The highest BCUT2D eigenvalue weighted by molar-refractivity contribution is 5.99. The normalized spacial score (nSPS) is 35.1. The summed E-state index contributed by atoms with van der Waals surface area (Å²) >= 11 is 0. The molecule has 1 aromatic rings. The topological polar surface area (TPSA) is 76.7 Å². The van der Waals surface area contributed by atoms with Gasteiger partial charge in [0.15, 0.2) is 5.76 Å². The number of aryl methyl sites for hydroxylation is 1. The Labute approximate surface area is 141 Å². The van der Waals surface area contributed by atoms with E-state index in [0.717, 1.165) is 5.56 Å². The predicted octanol–water partition coefficient (Wildman–Crippen LogP) is 3.36. The summed E-state index contributed by atoms with van der Waals surface area (Å²) < 4.78 is 11.3. The van der Waals surface area contributed by atoms with Crippen molar-refractivity contribution in [2.75, 3.05) is 0 Å². The number of Topliss-reactive ketones (excluding diaryl/α,β-unsaturated/α-hetero) is 1. The molecular formula is C19H24O5. The third kappa shape index (κ3) is 2.18. The van der Waals surface area contributed by atoms with E-state index in [1.54, 1.807) is 6.92 Å². The quantitative estimate of drug-likeness (QED) is 0.664. The maximum absolute atomic E-state index is 13.0. The number of rotatable bonds is 2. The zero-order chi connectivity index (χ0) is 17.8. The second kappa shape index (κ2) is 5.59. The van der Waals surface area contributed by atoms with Gasteiger partial charge in [-0.1, -0.05) is 20.4 Å². The number of hydrogen-bond donors (Lipinski definition) is 1. The van der Waals surface area contributed by atoms with E-state index < -0.39 is 23.6 Å². The van der Waals surface area contributed by atoms with E-state index in [1.165, 1.54) is 6.26 Å². The Morgan fingerprint density at radius 2 is 2.12 bits per heavy atom. The molecule has 0 aliphatic heterocycles. The number of ether oxygens (including phenoxy) is 1. The molecule has 1 saturated carbocycles. The number of fused-ring (bicyclic) bond motifs is 2. The molecule has 0 spiro atoms. The molecule has 130 valence electrons. The Kier molecular flexibility index (Phi) is 3.95. The molecule has 5 nitrogen and oxygen atoms in total. The van der Waals surface area contributed by atoms with Crippen LogP contribution in [0.4, 0.5) is 0 Å². The van der Waals surface area contributed by atoms with Crippen LogP contribution in [0.1, 0.15) is 61.4 Å². The molecule has 0 bridgehead atoms. The Hall–Kier alpha value is -1.88. The van der Waals surface area contributed by atoms with Gasteiger partial charge in [-0.05, 0) is 38.2 Å². The standard InChI is InChI=1S/C19H24O5/c1-9(2)18(22)24-17-14-10(3)8-23-16(14)15(21)12-6-7-13(20)11(4)19(12,17)5/h8,11-13,17,20H,1,6-7H2,2-5H3. The Balaban J connectivity index is 2.18. The lowest BCUT2D eigenvalue weighted by Crippen LogP contribution is -2.54. The number of esters is 1. The summed E-state index contributed by atoms with van der Waals surface area (Å²) in [6.45, 7) is 10.9. The molecule has 5 atom stereocenters. The van der Waals surface area contributed by atoms with E-state index in [2.05, 4.69) is 6.58 Å². The zero-order valence-corrected chi connectivity index (χ0v) is 14.6. The molecule has 0 radical (unpaired) electrons. The Bertz CT molecular complexity index is 715. The lowest BCUT2D eigenvalue weighted by Gasteiger charge is -2.53. The summed E-state index contributed by atoms with van der Waals surface area (Å²) in [5.74, 6) is -0.782. The van der Waals surface area contributed by atoms with E-state index in [9.17, 15) is 14.7 Å². The average molecular weight is 332 g/mol. The molecule has 1 fully saturated rings. The fraction of sp³-hybridized carbons (Fsp3) is 0.579. The third-order valence-electron chi connectivity index (χ3n) is 6.02. The number of aliphatic hydroxyl groups is 1. The van der Waals surface area contributed by atoms with Gasteiger partial charge in [0, 0.05) is 22.5 Å². The molecule has 1 N–H and O–H groups in total. The summed E-state index contributed by atoms with van der Waals surface area (Å²) in [6, 6.07) is 0. The number of carbonyl (C=O) groups excluding carboxylic acids is 2. The minimum Gasteiger partial charge on any atom is -0.461 e. The van der Waals surface area contributed by atoms with Gasteiger partial charge in [-0.15, -0.1) is 0 Å². The second-order valence-electron chi connectivity index (χ2n) is 7.44. The van der Waals surface area contributed by atoms with Gasteiger partial charge in [0.25, 0.3) is 0 Å². The van der Waals surface area contributed by atoms with Crippen molar-refractivity contribution in [2.45, 2.75) is 52.7 Å². The Morgan fingerprint density at radius 3 is 2.75 bits per heavy atom. The van der Waals surface area contributed by atoms with Crippen LogP contribution >= 0.6 is 0 Å². The summed E-state index contributed by atoms with van der Waals surface area (Å²) in [4.78, 5) is 25.2. The molecule has 1 aromatic heterocycles. The average Bonchev–Trinajstić information content (AvgIpc) is 2.90. The molecular weight excluding hydrogens is 308 g/mol. The number of carbonyl (C=O) groups is 2. The van der Waals surface area contributed by atoms with Crippen molar-refractivity contribution in [3.63, 3.8) is 0 Å². The molecule has 24 heavy (non-hydrogen) atoms. The predicted molar refractivity (Wildman–Crippen MR) is 87.4 cm³/mol. The zero-order valence-electron chi connectivity index (χ0n) is 14.6. The molecule has 0 saturated heterocycles. The van der Waals surface area contributed by atoms with Crippen LogP contribution in [0.25, 0.3) is 0 Å². The van der Waals surface area contributed by atoms with Crippen LogP contribution in [0, 0.1) is 24.2 Å². The SMILES string of the molecule is C=C(C)C(=O)OC1c2c(C)coc2C(=O)C2CCC(O)C(C)C21C. The number of furan rings is 1. The van der Waals surface area contributed by atoms with Crippen molar-refractivity contribution < 1.29 is 23.8 Å². The van der Waals surface area contributed by atoms with Gasteiger partial charge in [-0.2, -0.15) is 0 Å². The molecule has 3 rings (SSSR count). The molecule has 5 heteroatoms. The van der Waals surface area contributed by atoms with E-state index in [4.69, 9.17) is 9.15 Å². The van der Waals surface area contributed by atoms with Crippen molar-refractivity contribution in [1.29, 1.82) is 0 Å². The van der Waals surface area contributed by atoms with Gasteiger partial charge >= 0.3 is 5.97 Å². The van der Waals surface area contributed by atoms with Crippen molar-refractivity contribution >= 4 is 11.8 Å². The summed E-state index contributed by atoms with van der Waals surface area (Å²) in [6.07, 6.45) is 1.48. The van der Waals surface area contributed by atoms with Crippen molar-refractivity contribution in [2.24, 2.45) is 17.3 Å². The van der Waals surface area contributed by atoms with E-state index in [-0.39, 0.29) is 23.4 Å². The van der Waals surface area contributed by atoms with Gasteiger partial charge in [0.05, 0.1) is 12.4 Å². The summed E-state index contributed by atoms with van der Waals surface area (Å²) in [7, 11) is 0. The highest BCUT2D eigenvalue weighted by Crippen LogP contribution is 2.59. The molecule has 1 heterocycles. The largest absolute Gasteiger partial charge is 0.461 e. The van der Waals surface area contributed by atoms with Crippen LogP contribution in [-0.2, 0) is 9.53 Å². The van der Waals surface area contributed by atoms with Gasteiger partial charge in [0.2, 0.25) is 5.78 Å². The first-order valence-corrected chi connectivity index (χ1v) is 8.36. The number of aliphatic hydroxyl groups excluding tert-OH is 1. The minimum atomic E-state index is -0.679. The maximum atomic E-state index is 13.0. The summed E-state index contributed by atoms with van der Waals surface area (Å²) in [5, 5.41) is 10.4. The highest BCUT2D eigenvalue weighted by Gasteiger charge is 2.60. The molecule has 0 amide bonds. The fourth-order valence-electron chi connectivity index (χ4n) is 4.30. The lowest BCUT2D eigenvalue weighted by atomic mass is 9.53. The second-order valence-corrected chi connectivity index (χ2v) is 7.44. The van der Waals surface area contributed by atoms with Crippen LogP contribution in [0.2, 0.25) is 0 Å². The van der Waals surface area contributed by atoms with E-state index in [1.807, 2.05) is 20.8 Å². The third-order valence-corrected chi connectivity index (χ3v) is 6.02. The number of ketones is 1. The first-order chi connectivity index (χ1) is 11.2. The lowest BCUT2D eigenvalue weighted by molar-refractivity contribution is -0.168. The smallest absolute Gasteiger partial charge is 0.333 e.